The molecule has 1 aliphatic heterocycles. The molecule has 0 spiro atoms. The highest BCUT2D eigenvalue weighted by Crippen LogP contribution is 2.32. The molecule has 2 N–H and O–H groups in total. The number of carbonyl (C=O) groups is 2. The van der Waals surface area contributed by atoms with Crippen molar-refractivity contribution >= 4 is 63.8 Å². The summed E-state index contributed by atoms with van der Waals surface area (Å²) in [5.41, 5.74) is 4.16. The molecule has 0 atom stereocenters. The number of carbonyl (C=O) groups excluding carboxylic acids is 2. The Bertz CT molecular complexity index is 1520. The third-order valence-corrected chi connectivity index (χ3v) is 6.67. The molecule has 0 radical (unpaired) electrons. The Labute approximate surface area is 187 Å². The third-order valence-electron chi connectivity index (χ3n) is 4.46. The first-order chi connectivity index (χ1) is 15.0. The van der Waals surface area contributed by atoms with Crippen molar-refractivity contribution < 1.29 is 19.1 Å². The minimum atomic E-state index is -0.460. The van der Waals surface area contributed by atoms with E-state index in [4.69, 9.17) is 16.6 Å². The van der Waals surface area contributed by atoms with Crippen LogP contribution >= 0.6 is 35.3 Å². The van der Waals surface area contributed by atoms with E-state index in [-0.39, 0.29) is 26.0 Å². The quantitative estimate of drug-likeness (QED) is 0.342. The van der Waals surface area contributed by atoms with Crippen LogP contribution in [0.2, 0.25) is 0 Å². The van der Waals surface area contributed by atoms with Crippen molar-refractivity contribution in [2.24, 2.45) is 4.99 Å². The summed E-state index contributed by atoms with van der Waals surface area (Å²) >= 11 is 7.43. The van der Waals surface area contributed by atoms with Crippen LogP contribution < -0.4 is 16.0 Å². The molecule has 0 aliphatic carbocycles. The number of aromatic nitrogens is 2. The molecule has 11 heteroatoms. The highest BCUT2D eigenvalue weighted by Gasteiger charge is 2.25. The molecule has 2 amide bonds. The topological polar surface area (TPSA) is 110 Å². The van der Waals surface area contributed by atoms with E-state index in [0.717, 1.165) is 27.8 Å². The van der Waals surface area contributed by atoms with Crippen LogP contribution in [0.15, 0.2) is 63.2 Å². The fourth-order valence-corrected chi connectivity index (χ4v) is 5.00. The van der Waals surface area contributed by atoms with E-state index in [2.05, 4.69) is 15.4 Å². The zero-order valence-electron chi connectivity index (χ0n) is 15.6. The number of benzene rings is 2. The lowest BCUT2D eigenvalue weighted by atomic mass is 10.1. The van der Waals surface area contributed by atoms with Crippen molar-refractivity contribution in [3.63, 3.8) is 0 Å². The predicted octanol–water partition coefficient (Wildman–Crippen LogP) is 2.35. The second-order valence-corrected chi connectivity index (χ2v) is 9.01. The molecular formula is C20H12N4O4S3. The van der Waals surface area contributed by atoms with E-state index in [0.29, 0.717) is 26.9 Å². The highest BCUT2D eigenvalue weighted by atomic mass is 32.2. The summed E-state index contributed by atoms with van der Waals surface area (Å²) in [7, 11) is 0. The Balaban J connectivity index is 1.38. The number of fused-ring (bicyclic) bond motifs is 2. The smallest absolute Gasteiger partial charge is 0.279 e. The van der Waals surface area contributed by atoms with Gasteiger partial charge in [0.2, 0.25) is 11.8 Å². The largest absolute Gasteiger partial charge is 0.492 e. The van der Waals surface area contributed by atoms with Gasteiger partial charge in [0.05, 0.1) is 16.7 Å². The summed E-state index contributed by atoms with van der Waals surface area (Å²) < 4.78 is 6.86. The molecule has 2 aromatic heterocycles. The molecule has 0 unspecified atom stereocenters. The van der Waals surface area contributed by atoms with Gasteiger partial charge in [-0.3, -0.25) is 15.0 Å². The van der Waals surface area contributed by atoms with Gasteiger partial charge in [-0.2, -0.15) is 4.68 Å². The van der Waals surface area contributed by atoms with Crippen LogP contribution in [0.25, 0.3) is 16.7 Å². The fraction of sp³-hybridized carbons (Fsp3) is 0.0500. The summed E-state index contributed by atoms with van der Waals surface area (Å²) in [5.74, 6) is -1.20. The Hall–Kier alpha value is -3.28. The Morgan fingerprint density at radius 3 is 2.84 bits per heavy atom. The van der Waals surface area contributed by atoms with Crippen molar-refractivity contribution in [3.05, 3.63) is 67.9 Å². The average molecular weight is 469 g/mol. The molecule has 0 saturated carbocycles. The summed E-state index contributed by atoms with van der Waals surface area (Å²) in [6.07, 6.45) is 0. The lowest BCUT2D eigenvalue weighted by molar-refractivity contribution is -0.115. The van der Waals surface area contributed by atoms with Gasteiger partial charge in [0, 0.05) is 5.22 Å². The van der Waals surface area contributed by atoms with Gasteiger partial charge in [-0.25, -0.2) is 9.98 Å². The maximum absolute atomic E-state index is 12.4. The van der Waals surface area contributed by atoms with Crippen LogP contribution in [0.4, 0.5) is 0 Å². The Kier molecular flexibility index (Phi) is 4.93. The van der Waals surface area contributed by atoms with Crippen molar-refractivity contribution in [3.8, 4) is 5.88 Å². The summed E-state index contributed by atoms with van der Waals surface area (Å²) in [6.45, 7) is 0. The van der Waals surface area contributed by atoms with Crippen LogP contribution in [0.3, 0.4) is 0 Å². The molecule has 0 saturated heterocycles. The molecule has 0 bridgehead atoms. The summed E-state index contributed by atoms with van der Waals surface area (Å²) in [6, 6.07) is 14.3. The molecule has 1 aliphatic rings. The van der Waals surface area contributed by atoms with Gasteiger partial charge in [0.25, 0.3) is 11.1 Å². The molecule has 3 heterocycles. The number of thiazole rings is 1. The van der Waals surface area contributed by atoms with Gasteiger partial charge in [0.15, 0.2) is 9.54 Å². The van der Waals surface area contributed by atoms with Crippen molar-refractivity contribution in [2.45, 2.75) is 5.22 Å². The molecule has 5 rings (SSSR count). The number of nitrogens with zero attached hydrogens (tertiary/aromatic N) is 3. The fourth-order valence-electron chi connectivity index (χ4n) is 3.11. The van der Waals surface area contributed by atoms with Crippen LogP contribution in [0, 0.1) is 3.95 Å². The number of oxazole rings is 1. The maximum atomic E-state index is 12.4. The van der Waals surface area contributed by atoms with E-state index in [1.54, 1.807) is 30.3 Å². The first-order valence-corrected chi connectivity index (χ1v) is 11.2. The third kappa shape index (κ3) is 3.56. The molecule has 8 nitrogen and oxygen atoms in total. The van der Waals surface area contributed by atoms with Gasteiger partial charge in [-0.15, -0.1) is 0 Å². The first-order valence-electron chi connectivity index (χ1n) is 8.97. The predicted molar refractivity (Wildman–Crippen MR) is 119 cm³/mol. The Morgan fingerprint density at radius 1 is 1.23 bits per heavy atom. The van der Waals surface area contributed by atoms with Crippen molar-refractivity contribution in [1.29, 1.82) is 0 Å². The van der Waals surface area contributed by atoms with Crippen LogP contribution in [0.5, 0.6) is 5.88 Å². The maximum Gasteiger partial charge on any atom is 0.279 e. The highest BCUT2D eigenvalue weighted by molar-refractivity contribution is 7.99. The number of hydrogen-bond donors (Lipinski definition) is 2. The molecule has 2 aromatic carbocycles. The monoisotopic (exact) mass is 468 g/mol. The molecule has 0 fully saturated rings. The molecule has 154 valence electrons. The van der Waals surface area contributed by atoms with Gasteiger partial charge in [0.1, 0.15) is 10.4 Å². The standard InChI is InChI=1S/C20H12N4O4S3/c25-14(9-30-19-22-12-7-3-4-8-13(12)28-19)23-24-18(27)16(31-20(24)29)15-10-5-1-2-6-11(10)21-17(15)26/h1-8,27H,9H2,(H,23,25). The number of hydrogen-bond acceptors (Lipinski definition) is 8. The van der Waals surface area contributed by atoms with Gasteiger partial charge < -0.3 is 9.52 Å². The van der Waals surface area contributed by atoms with Crippen LogP contribution in [-0.4, -0.2) is 32.3 Å². The zero-order valence-corrected chi connectivity index (χ0v) is 18.0. The van der Waals surface area contributed by atoms with E-state index < -0.39 is 11.8 Å². The summed E-state index contributed by atoms with van der Waals surface area (Å²) in [4.78, 5) is 33.4. The minimum Gasteiger partial charge on any atom is -0.492 e. The number of aromatic hydroxyl groups is 1. The number of para-hydroxylation sites is 3. The first kappa shape index (κ1) is 19.7. The number of nitrogens with one attached hydrogen (secondary N) is 1. The van der Waals surface area contributed by atoms with Crippen LogP contribution in [0.1, 0.15) is 4.88 Å². The number of thioether (sulfide) groups is 1. The molecule has 4 aromatic rings. The lowest BCUT2D eigenvalue weighted by Gasteiger charge is -2.06. The second kappa shape index (κ2) is 7.76. The van der Waals surface area contributed by atoms with E-state index >= 15 is 0 Å². The molecular weight excluding hydrogens is 456 g/mol. The van der Waals surface area contributed by atoms with Crippen molar-refractivity contribution in [2.75, 3.05) is 11.2 Å². The van der Waals surface area contributed by atoms with Crippen LogP contribution in [-0.2, 0) is 9.59 Å². The number of amides is 2. The second-order valence-electron chi connectivity index (χ2n) is 6.44. The Morgan fingerprint density at radius 2 is 2.00 bits per heavy atom. The van der Waals surface area contributed by atoms with Gasteiger partial charge >= 0.3 is 0 Å². The SMILES string of the molecule is O=C(CSc1nc2ccccc2o1)Nn1c(O)c(C2=c3ccccc3=NC2=O)sc1=S. The number of rotatable bonds is 5. The minimum absolute atomic E-state index is 0.00706. The van der Waals surface area contributed by atoms with E-state index in [1.807, 2.05) is 18.2 Å². The zero-order chi connectivity index (χ0) is 21.5. The molecule has 31 heavy (non-hydrogen) atoms. The van der Waals surface area contributed by atoms with E-state index in [1.165, 1.54) is 0 Å². The normalized spacial score (nSPS) is 12.8. The van der Waals surface area contributed by atoms with Gasteiger partial charge in [-0.05, 0) is 30.4 Å². The van der Waals surface area contributed by atoms with Gasteiger partial charge in [-0.1, -0.05) is 53.4 Å². The van der Waals surface area contributed by atoms with E-state index in [9.17, 15) is 14.7 Å². The lowest BCUT2D eigenvalue weighted by Crippen LogP contribution is -2.24. The average Bonchev–Trinajstić information content (AvgIpc) is 3.40. The summed E-state index contributed by atoms with van der Waals surface area (Å²) in [5, 5.41) is 12.2. The van der Waals surface area contributed by atoms with Crippen molar-refractivity contribution in [1.82, 2.24) is 9.66 Å².